The van der Waals surface area contributed by atoms with E-state index in [-0.39, 0.29) is 11.9 Å². The monoisotopic (exact) mass is 237 g/mol. The number of nitrogens with two attached hydrogens (primary N) is 1. The number of nitrogens with one attached hydrogen (secondary N) is 1. The van der Waals surface area contributed by atoms with E-state index in [9.17, 15) is 4.79 Å². The summed E-state index contributed by atoms with van der Waals surface area (Å²) in [7, 11) is 1.82. The molecule has 0 radical (unpaired) electrons. The van der Waals surface area contributed by atoms with Crippen LogP contribution >= 0.6 is 0 Å². The Kier molecular flexibility index (Phi) is 4.61. The van der Waals surface area contributed by atoms with Crippen molar-refractivity contribution in [2.45, 2.75) is 39.7 Å². The fourth-order valence-corrected chi connectivity index (χ4v) is 1.77. The minimum absolute atomic E-state index is 0.0551. The van der Waals surface area contributed by atoms with Crippen molar-refractivity contribution in [3.63, 3.8) is 0 Å². The highest BCUT2D eigenvalue weighted by atomic mass is 16.2. The highest BCUT2D eigenvalue weighted by Gasteiger charge is 2.13. The smallest absolute Gasteiger partial charge is 0.268 e. The first-order valence-electron chi connectivity index (χ1n) is 6.13. The Balaban J connectivity index is 2.51. The van der Waals surface area contributed by atoms with Gasteiger partial charge in [-0.15, -0.1) is 0 Å². The van der Waals surface area contributed by atoms with Gasteiger partial charge in [0.15, 0.2) is 0 Å². The van der Waals surface area contributed by atoms with Gasteiger partial charge in [-0.05, 0) is 31.7 Å². The fourth-order valence-electron chi connectivity index (χ4n) is 1.77. The van der Waals surface area contributed by atoms with E-state index in [1.54, 1.807) is 16.8 Å². The first-order valence-corrected chi connectivity index (χ1v) is 6.13. The molecule has 4 nitrogen and oxygen atoms in total. The molecule has 1 rings (SSSR count). The first-order chi connectivity index (χ1) is 7.90. The van der Waals surface area contributed by atoms with Crippen LogP contribution in [0.2, 0.25) is 0 Å². The van der Waals surface area contributed by atoms with Crippen LogP contribution in [-0.4, -0.2) is 16.5 Å². The van der Waals surface area contributed by atoms with Gasteiger partial charge in [0.05, 0.1) is 5.69 Å². The second kappa shape index (κ2) is 5.75. The average molecular weight is 237 g/mol. The molecule has 0 spiro atoms. The van der Waals surface area contributed by atoms with Crippen molar-refractivity contribution in [1.82, 2.24) is 9.88 Å². The number of anilines is 1. The molecule has 1 amide bonds. The summed E-state index contributed by atoms with van der Waals surface area (Å²) in [6, 6.07) is 1.89. The quantitative estimate of drug-likeness (QED) is 0.824. The predicted octanol–water partition coefficient (Wildman–Crippen LogP) is 2.16. The van der Waals surface area contributed by atoms with Crippen LogP contribution in [0.25, 0.3) is 0 Å². The zero-order valence-electron chi connectivity index (χ0n) is 11.2. The lowest BCUT2D eigenvalue weighted by atomic mass is 10.0. The largest absolute Gasteiger partial charge is 0.397 e. The summed E-state index contributed by atoms with van der Waals surface area (Å²) in [6.45, 7) is 6.41. The van der Waals surface area contributed by atoms with Crippen molar-refractivity contribution < 1.29 is 4.79 Å². The van der Waals surface area contributed by atoms with E-state index in [1.807, 2.05) is 14.0 Å². The third-order valence-electron chi connectivity index (χ3n) is 2.81. The molecule has 4 heteroatoms. The second-order valence-electron chi connectivity index (χ2n) is 5.12. The first kappa shape index (κ1) is 13.6. The molecule has 0 aromatic carbocycles. The van der Waals surface area contributed by atoms with Gasteiger partial charge in [0.2, 0.25) is 0 Å². The molecule has 0 bridgehead atoms. The minimum atomic E-state index is -0.0551. The number of rotatable bonds is 5. The Morgan fingerprint density at radius 3 is 2.53 bits per heavy atom. The standard InChI is InChI=1S/C13H23N3O/c1-9(2)5-6-10(3)15-13(17)12-7-11(14)8-16(12)4/h7-10H,5-6,14H2,1-4H3,(H,15,17). The van der Waals surface area contributed by atoms with Crippen LogP contribution < -0.4 is 11.1 Å². The molecule has 0 aliphatic rings. The highest BCUT2D eigenvalue weighted by molar-refractivity contribution is 5.93. The molecule has 0 aliphatic carbocycles. The molecular formula is C13H23N3O. The Bertz CT molecular complexity index is 382. The maximum Gasteiger partial charge on any atom is 0.268 e. The number of hydrogen-bond donors (Lipinski definition) is 2. The van der Waals surface area contributed by atoms with Gasteiger partial charge in [0.1, 0.15) is 5.69 Å². The lowest BCUT2D eigenvalue weighted by Gasteiger charge is -2.15. The van der Waals surface area contributed by atoms with Gasteiger partial charge in [0.25, 0.3) is 5.91 Å². The zero-order valence-corrected chi connectivity index (χ0v) is 11.2. The van der Waals surface area contributed by atoms with Crippen LogP contribution in [0.3, 0.4) is 0 Å². The maximum absolute atomic E-state index is 11.9. The fraction of sp³-hybridized carbons (Fsp3) is 0.615. The summed E-state index contributed by atoms with van der Waals surface area (Å²) >= 11 is 0. The van der Waals surface area contributed by atoms with Gasteiger partial charge >= 0.3 is 0 Å². The van der Waals surface area contributed by atoms with Gasteiger partial charge in [-0.3, -0.25) is 4.79 Å². The number of amides is 1. The number of nitrogens with zero attached hydrogens (tertiary/aromatic N) is 1. The van der Waals surface area contributed by atoms with Crippen molar-refractivity contribution >= 4 is 11.6 Å². The maximum atomic E-state index is 11.9. The molecule has 17 heavy (non-hydrogen) atoms. The molecule has 1 aromatic rings. The van der Waals surface area contributed by atoms with E-state index in [4.69, 9.17) is 5.73 Å². The highest BCUT2D eigenvalue weighted by Crippen LogP contribution is 2.10. The number of carbonyl (C=O) groups excluding carboxylic acids is 1. The van der Waals surface area contributed by atoms with Crippen LogP contribution in [0.15, 0.2) is 12.3 Å². The van der Waals surface area contributed by atoms with Gasteiger partial charge in [-0.1, -0.05) is 13.8 Å². The van der Waals surface area contributed by atoms with Gasteiger partial charge in [-0.25, -0.2) is 0 Å². The van der Waals surface area contributed by atoms with Crippen LogP contribution in [-0.2, 0) is 7.05 Å². The average Bonchev–Trinajstić information content (AvgIpc) is 2.55. The molecule has 1 heterocycles. The molecule has 1 atom stereocenters. The Labute approximate surface area is 103 Å². The number of aromatic nitrogens is 1. The van der Waals surface area contributed by atoms with Crippen LogP contribution in [0, 0.1) is 5.92 Å². The van der Waals surface area contributed by atoms with Gasteiger partial charge in [0, 0.05) is 19.3 Å². The zero-order chi connectivity index (χ0) is 13.0. The topological polar surface area (TPSA) is 60.1 Å². The molecule has 0 saturated carbocycles. The summed E-state index contributed by atoms with van der Waals surface area (Å²) in [5.74, 6) is 0.612. The Hall–Kier alpha value is -1.45. The molecular weight excluding hydrogens is 214 g/mol. The van der Waals surface area contributed by atoms with E-state index < -0.39 is 0 Å². The number of aryl methyl sites for hydroxylation is 1. The number of nitrogen functional groups attached to an aromatic ring is 1. The van der Waals surface area contributed by atoms with Crippen molar-refractivity contribution in [2.24, 2.45) is 13.0 Å². The molecule has 96 valence electrons. The number of hydrogen-bond acceptors (Lipinski definition) is 2. The molecule has 1 unspecified atom stereocenters. The van der Waals surface area contributed by atoms with Crippen LogP contribution in [0.4, 0.5) is 5.69 Å². The van der Waals surface area contributed by atoms with Crippen molar-refractivity contribution in [3.05, 3.63) is 18.0 Å². The molecule has 0 saturated heterocycles. The van der Waals surface area contributed by atoms with E-state index in [1.165, 1.54) is 0 Å². The number of carbonyl (C=O) groups is 1. The molecule has 3 N–H and O–H groups in total. The van der Waals surface area contributed by atoms with E-state index >= 15 is 0 Å². The molecule has 0 aliphatic heterocycles. The molecule has 1 aromatic heterocycles. The Morgan fingerprint density at radius 1 is 1.41 bits per heavy atom. The lowest BCUT2D eigenvalue weighted by Crippen LogP contribution is -2.33. The summed E-state index contributed by atoms with van der Waals surface area (Å²) < 4.78 is 1.75. The van der Waals surface area contributed by atoms with E-state index in [0.29, 0.717) is 17.3 Å². The van der Waals surface area contributed by atoms with Gasteiger partial charge in [-0.2, -0.15) is 0 Å². The van der Waals surface area contributed by atoms with E-state index in [2.05, 4.69) is 19.2 Å². The van der Waals surface area contributed by atoms with E-state index in [0.717, 1.165) is 12.8 Å². The third-order valence-corrected chi connectivity index (χ3v) is 2.81. The van der Waals surface area contributed by atoms with Crippen molar-refractivity contribution in [3.8, 4) is 0 Å². The third kappa shape index (κ3) is 4.13. The van der Waals surface area contributed by atoms with Gasteiger partial charge < -0.3 is 15.6 Å². The molecule has 0 fully saturated rings. The minimum Gasteiger partial charge on any atom is -0.397 e. The SMILES string of the molecule is CC(C)CCC(C)NC(=O)c1cc(N)cn1C. The predicted molar refractivity (Wildman–Crippen MR) is 70.8 cm³/mol. The van der Waals surface area contributed by atoms with Crippen molar-refractivity contribution in [2.75, 3.05) is 5.73 Å². The Morgan fingerprint density at radius 2 is 2.06 bits per heavy atom. The normalized spacial score (nSPS) is 12.8. The lowest BCUT2D eigenvalue weighted by molar-refractivity contribution is 0.0929. The second-order valence-corrected chi connectivity index (χ2v) is 5.12. The summed E-state index contributed by atoms with van der Waals surface area (Å²) in [6.07, 6.45) is 3.87. The summed E-state index contributed by atoms with van der Waals surface area (Å²) in [5, 5.41) is 2.99. The van der Waals surface area contributed by atoms with Crippen LogP contribution in [0.5, 0.6) is 0 Å². The van der Waals surface area contributed by atoms with Crippen LogP contribution in [0.1, 0.15) is 44.1 Å². The summed E-state index contributed by atoms with van der Waals surface area (Å²) in [5.41, 5.74) is 6.87. The van der Waals surface area contributed by atoms with Crippen molar-refractivity contribution in [1.29, 1.82) is 0 Å². The summed E-state index contributed by atoms with van der Waals surface area (Å²) in [4.78, 5) is 11.9.